The van der Waals surface area contributed by atoms with Gasteiger partial charge in [0.2, 0.25) is 5.91 Å². The van der Waals surface area contributed by atoms with E-state index in [0.29, 0.717) is 13.0 Å². The fraction of sp³-hybridized carbons (Fsp3) is 0.818. The number of esters is 1. The molecule has 0 aliphatic heterocycles. The molecule has 0 aliphatic carbocycles. The Balaban J connectivity index is 4.52. The summed E-state index contributed by atoms with van der Waals surface area (Å²) in [5.74, 6) is -0.560. The maximum atomic E-state index is 11.7. The lowest BCUT2D eigenvalue weighted by Gasteiger charge is -2.27. The highest BCUT2D eigenvalue weighted by atomic mass is 16.5. The molecule has 4 heteroatoms. The second-order valence-electron chi connectivity index (χ2n) is 3.84. The van der Waals surface area contributed by atoms with Gasteiger partial charge in [-0.1, -0.05) is 19.8 Å². The van der Waals surface area contributed by atoms with Crippen molar-refractivity contribution in [2.45, 2.75) is 52.5 Å². The SMILES string of the molecule is CCCCC(C)(NC(C)=O)C(=O)OCC. The van der Waals surface area contributed by atoms with Gasteiger partial charge in [-0.2, -0.15) is 0 Å². The first kappa shape index (κ1) is 13.9. The highest BCUT2D eigenvalue weighted by Gasteiger charge is 2.34. The third kappa shape index (κ3) is 4.81. The van der Waals surface area contributed by atoms with Gasteiger partial charge in [0.1, 0.15) is 5.54 Å². The Kier molecular flexibility index (Phi) is 5.97. The maximum Gasteiger partial charge on any atom is 0.331 e. The standard InChI is InChI=1S/C11H21NO3/c1-5-7-8-11(4,12-9(3)13)10(14)15-6-2/h5-8H2,1-4H3,(H,12,13). The highest BCUT2D eigenvalue weighted by molar-refractivity contribution is 5.86. The van der Waals surface area contributed by atoms with Crippen LogP contribution in [0.5, 0.6) is 0 Å². The zero-order chi connectivity index (χ0) is 11.9. The molecule has 1 atom stereocenters. The average Bonchev–Trinajstić information content (AvgIpc) is 2.14. The van der Waals surface area contributed by atoms with Gasteiger partial charge in [0.15, 0.2) is 0 Å². The van der Waals surface area contributed by atoms with Crippen molar-refractivity contribution in [2.75, 3.05) is 6.61 Å². The van der Waals surface area contributed by atoms with E-state index in [0.717, 1.165) is 12.8 Å². The summed E-state index contributed by atoms with van der Waals surface area (Å²) in [7, 11) is 0. The summed E-state index contributed by atoms with van der Waals surface area (Å²) < 4.78 is 4.95. The quantitative estimate of drug-likeness (QED) is 0.685. The number of carbonyl (C=O) groups is 2. The molecule has 88 valence electrons. The van der Waals surface area contributed by atoms with Crippen molar-refractivity contribution in [3.63, 3.8) is 0 Å². The van der Waals surface area contributed by atoms with E-state index in [1.54, 1.807) is 13.8 Å². The summed E-state index contributed by atoms with van der Waals surface area (Å²) in [6.45, 7) is 7.25. The topological polar surface area (TPSA) is 55.4 Å². The van der Waals surface area contributed by atoms with Crippen LogP contribution >= 0.6 is 0 Å². The summed E-state index contributed by atoms with van der Waals surface area (Å²) in [5, 5.41) is 2.66. The molecule has 0 rings (SSSR count). The van der Waals surface area contributed by atoms with Crippen LogP contribution in [0.2, 0.25) is 0 Å². The normalized spacial score (nSPS) is 14.1. The van der Waals surface area contributed by atoms with E-state index in [1.165, 1.54) is 6.92 Å². The average molecular weight is 215 g/mol. The first-order valence-corrected chi connectivity index (χ1v) is 5.42. The number of unbranched alkanes of at least 4 members (excludes halogenated alkanes) is 1. The number of carbonyl (C=O) groups excluding carboxylic acids is 2. The molecule has 4 nitrogen and oxygen atoms in total. The van der Waals surface area contributed by atoms with E-state index < -0.39 is 5.54 Å². The van der Waals surface area contributed by atoms with Crippen LogP contribution in [0.1, 0.15) is 47.0 Å². The molecule has 0 aromatic rings. The number of ether oxygens (including phenoxy) is 1. The minimum Gasteiger partial charge on any atom is -0.464 e. The number of nitrogens with one attached hydrogen (secondary N) is 1. The fourth-order valence-electron chi connectivity index (χ4n) is 1.42. The Morgan fingerprint density at radius 2 is 1.93 bits per heavy atom. The van der Waals surface area contributed by atoms with Gasteiger partial charge in [0, 0.05) is 6.92 Å². The lowest BCUT2D eigenvalue weighted by molar-refractivity contribution is -0.152. The van der Waals surface area contributed by atoms with Crippen molar-refractivity contribution >= 4 is 11.9 Å². The smallest absolute Gasteiger partial charge is 0.331 e. The minimum absolute atomic E-state index is 0.207. The minimum atomic E-state index is -0.877. The largest absolute Gasteiger partial charge is 0.464 e. The summed E-state index contributed by atoms with van der Waals surface area (Å²) >= 11 is 0. The van der Waals surface area contributed by atoms with Crippen LogP contribution in [0, 0.1) is 0 Å². The van der Waals surface area contributed by atoms with Crippen LogP contribution in [0.25, 0.3) is 0 Å². The van der Waals surface area contributed by atoms with Crippen LogP contribution < -0.4 is 5.32 Å². The van der Waals surface area contributed by atoms with Gasteiger partial charge in [-0.3, -0.25) is 4.79 Å². The van der Waals surface area contributed by atoms with Gasteiger partial charge in [0.25, 0.3) is 0 Å². The number of rotatable bonds is 6. The van der Waals surface area contributed by atoms with Crippen molar-refractivity contribution in [3.05, 3.63) is 0 Å². The summed E-state index contributed by atoms with van der Waals surface area (Å²) in [4.78, 5) is 22.7. The van der Waals surface area contributed by atoms with Gasteiger partial charge < -0.3 is 10.1 Å². The van der Waals surface area contributed by atoms with Crippen LogP contribution in [0.15, 0.2) is 0 Å². The molecule has 15 heavy (non-hydrogen) atoms. The molecule has 0 spiro atoms. The fourth-order valence-corrected chi connectivity index (χ4v) is 1.42. The Hall–Kier alpha value is -1.06. The second-order valence-corrected chi connectivity index (χ2v) is 3.84. The van der Waals surface area contributed by atoms with Gasteiger partial charge in [0.05, 0.1) is 6.61 Å². The molecule has 1 amide bonds. The van der Waals surface area contributed by atoms with Crippen molar-refractivity contribution < 1.29 is 14.3 Å². The van der Waals surface area contributed by atoms with Crippen LogP contribution in [0.3, 0.4) is 0 Å². The van der Waals surface area contributed by atoms with Gasteiger partial charge in [-0.05, 0) is 20.3 Å². The second kappa shape index (κ2) is 6.43. The van der Waals surface area contributed by atoms with Gasteiger partial charge in [-0.25, -0.2) is 4.79 Å². The van der Waals surface area contributed by atoms with Crippen LogP contribution in [0.4, 0.5) is 0 Å². The lowest BCUT2D eigenvalue weighted by Crippen LogP contribution is -2.52. The maximum absolute atomic E-state index is 11.7. The number of amides is 1. The lowest BCUT2D eigenvalue weighted by atomic mass is 9.95. The van der Waals surface area contributed by atoms with E-state index in [-0.39, 0.29) is 11.9 Å². The molecular formula is C11H21NO3. The van der Waals surface area contributed by atoms with Crippen LogP contribution in [-0.4, -0.2) is 24.0 Å². The first-order valence-electron chi connectivity index (χ1n) is 5.42. The van der Waals surface area contributed by atoms with Crippen molar-refractivity contribution in [1.29, 1.82) is 0 Å². The Bertz CT molecular complexity index is 228. The Labute approximate surface area is 91.4 Å². The molecule has 0 aromatic heterocycles. The molecule has 0 aromatic carbocycles. The number of hydrogen-bond acceptors (Lipinski definition) is 3. The van der Waals surface area contributed by atoms with Crippen molar-refractivity contribution in [2.24, 2.45) is 0 Å². The zero-order valence-corrected chi connectivity index (χ0v) is 10.1. The zero-order valence-electron chi connectivity index (χ0n) is 10.1. The van der Waals surface area contributed by atoms with E-state index in [1.807, 2.05) is 6.92 Å². The third-order valence-electron chi connectivity index (χ3n) is 2.21. The third-order valence-corrected chi connectivity index (χ3v) is 2.21. The molecular weight excluding hydrogens is 194 g/mol. The molecule has 0 radical (unpaired) electrons. The monoisotopic (exact) mass is 215 g/mol. The Morgan fingerprint density at radius 1 is 1.33 bits per heavy atom. The van der Waals surface area contributed by atoms with Crippen LogP contribution in [-0.2, 0) is 14.3 Å². The molecule has 0 bridgehead atoms. The summed E-state index contributed by atoms with van der Waals surface area (Å²) in [6, 6.07) is 0. The predicted molar refractivity (Wildman–Crippen MR) is 58.4 cm³/mol. The molecule has 0 aliphatic rings. The Morgan fingerprint density at radius 3 is 2.33 bits per heavy atom. The first-order chi connectivity index (χ1) is 6.96. The molecule has 0 saturated carbocycles. The van der Waals surface area contributed by atoms with Gasteiger partial charge >= 0.3 is 5.97 Å². The molecule has 1 N–H and O–H groups in total. The van der Waals surface area contributed by atoms with E-state index in [4.69, 9.17) is 4.74 Å². The highest BCUT2D eigenvalue weighted by Crippen LogP contribution is 2.16. The predicted octanol–water partition coefficient (Wildman–Crippen LogP) is 1.63. The molecule has 0 saturated heterocycles. The van der Waals surface area contributed by atoms with E-state index in [9.17, 15) is 9.59 Å². The van der Waals surface area contributed by atoms with E-state index in [2.05, 4.69) is 5.32 Å². The molecule has 0 fully saturated rings. The summed E-state index contributed by atoms with van der Waals surface area (Å²) in [5.41, 5.74) is -0.877. The van der Waals surface area contributed by atoms with Crippen molar-refractivity contribution in [3.8, 4) is 0 Å². The number of hydrogen-bond donors (Lipinski definition) is 1. The van der Waals surface area contributed by atoms with E-state index >= 15 is 0 Å². The summed E-state index contributed by atoms with van der Waals surface area (Å²) in [6.07, 6.45) is 2.48. The van der Waals surface area contributed by atoms with Gasteiger partial charge in [-0.15, -0.1) is 0 Å². The molecule has 0 heterocycles. The molecule has 1 unspecified atom stereocenters. The van der Waals surface area contributed by atoms with Crippen molar-refractivity contribution in [1.82, 2.24) is 5.32 Å².